The topological polar surface area (TPSA) is 80.5 Å². The van der Waals surface area contributed by atoms with Crippen LogP contribution in [0, 0.1) is 6.92 Å². The van der Waals surface area contributed by atoms with Crippen LogP contribution >= 0.6 is 11.6 Å². The Morgan fingerprint density at radius 1 is 1.24 bits per heavy atom. The van der Waals surface area contributed by atoms with E-state index in [-0.39, 0.29) is 12.3 Å². The summed E-state index contributed by atoms with van der Waals surface area (Å²) < 4.78 is 10.7. The lowest BCUT2D eigenvalue weighted by molar-refractivity contribution is -0.116. The molecule has 0 aliphatic carbocycles. The van der Waals surface area contributed by atoms with Crippen molar-refractivity contribution in [2.75, 3.05) is 25.5 Å². The number of nitrogens with zero attached hydrogens (tertiary/aromatic N) is 3. The van der Waals surface area contributed by atoms with Crippen LogP contribution < -0.4 is 10.1 Å². The van der Waals surface area contributed by atoms with Crippen molar-refractivity contribution in [3.8, 4) is 5.75 Å². The lowest BCUT2D eigenvalue weighted by Crippen LogP contribution is -2.28. The number of carbonyl (C=O) groups excluding carboxylic acids is 1. The number of benzene rings is 2. The van der Waals surface area contributed by atoms with Crippen LogP contribution in [0.25, 0.3) is 5.57 Å². The highest BCUT2D eigenvalue weighted by Gasteiger charge is 2.18. The van der Waals surface area contributed by atoms with E-state index in [0.29, 0.717) is 29.6 Å². The molecule has 1 aliphatic rings. The van der Waals surface area contributed by atoms with Gasteiger partial charge in [0, 0.05) is 37.5 Å². The lowest BCUT2D eigenvalue weighted by atomic mass is 10.1. The van der Waals surface area contributed by atoms with Crippen molar-refractivity contribution < 1.29 is 14.1 Å². The minimum Gasteiger partial charge on any atom is -0.495 e. The van der Waals surface area contributed by atoms with Crippen LogP contribution in [0.1, 0.15) is 35.7 Å². The van der Waals surface area contributed by atoms with Gasteiger partial charge in [-0.3, -0.25) is 9.69 Å². The highest BCUT2D eigenvalue weighted by molar-refractivity contribution is 6.30. The van der Waals surface area contributed by atoms with Crippen molar-refractivity contribution in [3.05, 3.63) is 76.4 Å². The predicted octanol–water partition coefficient (Wildman–Crippen LogP) is 4.90. The van der Waals surface area contributed by atoms with E-state index in [1.165, 1.54) is 5.56 Å². The SMILES string of the molecule is COc1ccc(C)cc1NC(=O)CCc1nc(C2=CCN(Cc3ccc(Cl)cc3)CC2)no1. The number of aryl methyl sites for hydroxylation is 2. The van der Waals surface area contributed by atoms with E-state index in [9.17, 15) is 4.79 Å². The van der Waals surface area contributed by atoms with Gasteiger partial charge in [0.25, 0.3) is 0 Å². The van der Waals surface area contributed by atoms with Gasteiger partial charge in [0.15, 0.2) is 5.82 Å². The Balaban J connectivity index is 1.28. The van der Waals surface area contributed by atoms with Crippen molar-refractivity contribution in [1.29, 1.82) is 0 Å². The van der Waals surface area contributed by atoms with Crippen LogP contribution in [0.4, 0.5) is 5.69 Å². The van der Waals surface area contributed by atoms with Gasteiger partial charge in [0.05, 0.1) is 12.8 Å². The number of ether oxygens (including phenoxy) is 1. The molecule has 7 nitrogen and oxygen atoms in total. The number of hydrogen-bond donors (Lipinski definition) is 1. The number of amides is 1. The molecule has 2 aromatic carbocycles. The van der Waals surface area contributed by atoms with Crippen molar-refractivity contribution in [2.24, 2.45) is 0 Å². The first kappa shape index (κ1) is 23.0. The van der Waals surface area contributed by atoms with Gasteiger partial charge in [-0.25, -0.2) is 0 Å². The summed E-state index contributed by atoms with van der Waals surface area (Å²) in [5.41, 5.74) is 4.01. The molecule has 0 saturated carbocycles. The molecule has 0 radical (unpaired) electrons. The van der Waals surface area contributed by atoms with Crippen molar-refractivity contribution in [2.45, 2.75) is 32.7 Å². The molecular weight excluding hydrogens is 440 g/mol. The van der Waals surface area contributed by atoms with Gasteiger partial charge in [0.2, 0.25) is 11.8 Å². The minimum atomic E-state index is -0.131. The average molecular weight is 467 g/mol. The lowest BCUT2D eigenvalue weighted by Gasteiger charge is -2.25. The first-order valence-corrected chi connectivity index (χ1v) is 11.3. The third-order valence-corrected chi connectivity index (χ3v) is 5.81. The van der Waals surface area contributed by atoms with E-state index in [2.05, 4.69) is 38.6 Å². The maximum Gasteiger partial charge on any atom is 0.227 e. The van der Waals surface area contributed by atoms with Gasteiger partial charge >= 0.3 is 0 Å². The Labute approximate surface area is 198 Å². The quantitative estimate of drug-likeness (QED) is 0.508. The van der Waals surface area contributed by atoms with Gasteiger partial charge in [-0.05, 0) is 54.3 Å². The highest BCUT2D eigenvalue weighted by atomic mass is 35.5. The molecule has 1 aliphatic heterocycles. The van der Waals surface area contributed by atoms with Crippen LogP contribution in [-0.4, -0.2) is 41.1 Å². The summed E-state index contributed by atoms with van der Waals surface area (Å²) in [5, 5.41) is 7.76. The van der Waals surface area contributed by atoms with Crippen LogP contribution in [0.3, 0.4) is 0 Å². The Morgan fingerprint density at radius 2 is 2.06 bits per heavy atom. The van der Waals surface area contributed by atoms with Crippen LogP contribution in [-0.2, 0) is 17.8 Å². The molecule has 1 N–H and O–H groups in total. The zero-order valence-corrected chi connectivity index (χ0v) is 19.6. The highest BCUT2D eigenvalue weighted by Crippen LogP contribution is 2.26. The van der Waals surface area contributed by atoms with Gasteiger partial charge in [-0.1, -0.05) is 41.0 Å². The van der Waals surface area contributed by atoms with Crippen LogP contribution in [0.5, 0.6) is 5.75 Å². The second-order valence-corrected chi connectivity index (χ2v) is 8.54. The Hall–Kier alpha value is -3.16. The van der Waals surface area contributed by atoms with E-state index in [1.54, 1.807) is 7.11 Å². The third-order valence-electron chi connectivity index (χ3n) is 5.56. The second-order valence-electron chi connectivity index (χ2n) is 8.10. The first-order chi connectivity index (χ1) is 16.0. The summed E-state index contributed by atoms with van der Waals surface area (Å²) in [4.78, 5) is 19.3. The molecule has 0 fully saturated rings. The fourth-order valence-corrected chi connectivity index (χ4v) is 3.87. The monoisotopic (exact) mass is 466 g/mol. The molecule has 33 heavy (non-hydrogen) atoms. The van der Waals surface area contributed by atoms with E-state index >= 15 is 0 Å². The number of nitrogens with one attached hydrogen (secondary N) is 1. The molecule has 4 rings (SSSR count). The summed E-state index contributed by atoms with van der Waals surface area (Å²) in [5.74, 6) is 1.56. The summed E-state index contributed by atoms with van der Waals surface area (Å²) >= 11 is 5.96. The summed E-state index contributed by atoms with van der Waals surface area (Å²) in [7, 11) is 1.58. The summed E-state index contributed by atoms with van der Waals surface area (Å²) in [6, 6.07) is 13.6. The number of aromatic nitrogens is 2. The Bertz CT molecular complexity index is 1140. The molecule has 1 aromatic heterocycles. The Kier molecular flexibility index (Phi) is 7.42. The molecular formula is C25H27ClN4O3. The molecule has 0 unspecified atom stereocenters. The second kappa shape index (κ2) is 10.6. The van der Waals surface area contributed by atoms with E-state index in [4.69, 9.17) is 20.9 Å². The van der Waals surface area contributed by atoms with Gasteiger partial charge in [0.1, 0.15) is 5.75 Å². The fraction of sp³-hybridized carbons (Fsp3) is 0.320. The minimum absolute atomic E-state index is 0.131. The van der Waals surface area contributed by atoms with Crippen molar-refractivity contribution in [3.63, 3.8) is 0 Å². The average Bonchev–Trinajstić information content (AvgIpc) is 3.29. The standard InChI is InChI=1S/C25H27ClN4O3/c1-17-3-8-22(32-2)21(15-17)27-23(31)9-10-24-28-25(29-33-24)19-11-13-30(14-12-19)16-18-4-6-20(26)7-5-18/h3-8,11,15H,9-10,12-14,16H2,1-2H3,(H,27,31). The van der Waals surface area contributed by atoms with E-state index < -0.39 is 0 Å². The molecule has 172 valence electrons. The molecule has 1 amide bonds. The van der Waals surface area contributed by atoms with Crippen LogP contribution in [0.2, 0.25) is 5.02 Å². The van der Waals surface area contributed by atoms with E-state index in [1.807, 2.05) is 37.3 Å². The number of anilines is 1. The molecule has 8 heteroatoms. The smallest absolute Gasteiger partial charge is 0.227 e. The molecule has 0 bridgehead atoms. The fourth-order valence-electron chi connectivity index (χ4n) is 3.75. The maximum atomic E-state index is 12.4. The molecule has 3 aromatic rings. The summed E-state index contributed by atoms with van der Waals surface area (Å²) in [6.45, 7) is 4.58. The zero-order valence-electron chi connectivity index (χ0n) is 18.8. The Morgan fingerprint density at radius 3 is 2.79 bits per heavy atom. The summed E-state index contributed by atoms with van der Waals surface area (Å²) in [6.07, 6.45) is 3.61. The molecule has 0 saturated heterocycles. The molecule has 2 heterocycles. The van der Waals surface area contributed by atoms with Gasteiger partial charge < -0.3 is 14.6 Å². The van der Waals surface area contributed by atoms with E-state index in [0.717, 1.165) is 42.2 Å². The molecule has 0 spiro atoms. The number of methoxy groups -OCH3 is 1. The molecule has 0 atom stereocenters. The van der Waals surface area contributed by atoms with Gasteiger partial charge in [-0.15, -0.1) is 0 Å². The largest absolute Gasteiger partial charge is 0.495 e. The van der Waals surface area contributed by atoms with Crippen molar-refractivity contribution >= 4 is 28.8 Å². The van der Waals surface area contributed by atoms with Crippen molar-refractivity contribution in [1.82, 2.24) is 15.0 Å². The third kappa shape index (κ3) is 6.21. The normalized spacial score (nSPS) is 14.1. The van der Waals surface area contributed by atoms with Gasteiger partial charge in [-0.2, -0.15) is 4.98 Å². The number of rotatable bonds is 8. The number of halogens is 1. The maximum absolute atomic E-state index is 12.4. The zero-order chi connectivity index (χ0) is 23.2. The predicted molar refractivity (Wildman–Crippen MR) is 128 cm³/mol. The number of hydrogen-bond acceptors (Lipinski definition) is 6. The number of carbonyl (C=O) groups is 1. The first-order valence-electron chi connectivity index (χ1n) is 10.9. The van der Waals surface area contributed by atoms with Crippen LogP contribution in [0.15, 0.2) is 53.1 Å².